The Morgan fingerprint density at radius 2 is 1.86 bits per heavy atom. The van der Waals surface area contributed by atoms with Crippen LogP contribution >= 0.6 is 0 Å². The van der Waals surface area contributed by atoms with Gasteiger partial charge in [-0.25, -0.2) is 23.2 Å². The molecule has 0 aliphatic rings. The van der Waals surface area contributed by atoms with Crippen molar-refractivity contribution < 1.29 is 18.3 Å². The predicted molar refractivity (Wildman–Crippen MR) is 78.5 cm³/mol. The van der Waals surface area contributed by atoms with Gasteiger partial charge in [-0.2, -0.15) is 0 Å². The Hall–Kier alpha value is -2.74. The van der Waals surface area contributed by atoms with Crippen molar-refractivity contribution >= 4 is 21.3 Å². The van der Waals surface area contributed by atoms with E-state index in [1.54, 1.807) is 22.6 Å². The van der Waals surface area contributed by atoms with Crippen LogP contribution in [0.3, 0.4) is 0 Å². The highest BCUT2D eigenvalue weighted by molar-refractivity contribution is 7.90. The molecule has 7 nitrogen and oxygen atoms in total. The third-order valence-corrected chi connectivity index (χ3v) is 4.32. The number of sulfone groups is 1. The van der Waals surface area contributed by atoms with Gasteiger partial charge in [-0.05, 0) is 30.3 Å². The Balaban J connectivity index is 2.20. The molecule has 2 aromatic heterocycles. The Bertz CT molecular complexity index is 975. The molecule has 0 radical (unpaired) electrons. The van der Waals surface area contributed by atoms with Crippen LogP contribution in [0.15, 0.2) is 47.8 Å². The first-order valence-corrected chi connectivity index (χ1v) is 8.13. The molecular formula is C14H11N3O4S. The number of imidazole rings is 1. The van der Waals surface area contributed by atoms with Gasteiger partial charge in [0.25, 0.3) is 0 Å². The lowest BCUT2D eigenvalue weighted by Gasteiger charge is -2.02. The van der Waals surface area contributed by atoms with E-state index in [1.807, 2.05) is 0 Å². The number of hydrogen-bond donors (Lipinski definition) is 1. The second-order valence-corrected chi connectivity index (χ2v) is 6.74. The fourth-order valence-electron chi connectivity index (χ4n) is 2.15. The molecule has 22 heavy (non-hydrogen) atoms. The lowest BCUT2D eigenvalue weighted by atomic mass is 10.2. The molecule has 0 saturated heterocycles. The van der Waals surface area contributed by atoms with E-state index in [9.17, 15) is 18.3 Å². The first kappa shape index (κ1) is 14.2. The van der Waals surface area contributed by atoms with Crippen molar-refractivity contribution in [1.29, 1.82) is 0 Å². The summed E-state index contributed by atoms with van der Waals surface area (Å²) in [4.78, 5) is 19.5. The summed E-state index contributed by atoms with van der Waals surface area (Å²) in [6, 6.07) is 7.66. The fourth-order valence-corrected chi connectivity index (χ4v) is 2.78. The smallest absolute Gasteiger partial charge is 0.356 e. The van der Waals surface area contributed by atoms with E-state index in [-0.39, 0.29) is 10.6 Å². The predicted octanol–water partition coefficient (Wildman–Crippen LogP) is 1.50. The van der Waals surface area contributed by atoms with Crippen LogP contribution < -0.4 is 0 Å². The number of aromatic nitrogens is 3. The molecule has 0 spiro atoms. The standard InChI is InChI=1S/C14H11N3O4S/c1-22(20,21)10-4-2-9(3-5-10)13-16-12(14(18)19)11-6-7-15-8-17(11)13/h2-8H,1H3,(H,18,19). The van der Waals surface area contributed by atoms with Crippen LogP contribution in [0.1, 0.15) is 10.5 Å². The monoisotopic (exact) mass is 317 g/mol. The van der Waals surface area contributed by atoms with Crippen LogP contribution in [-0.2, 0) is 9.84 Å². The summed E-state index contributed by atoms with van der Waals surface area (Å²) in [5.74, 6) is -0.747. The lowest BCUT2D eigenvalue weighted by molar-refractivity contribution is 0.0693. The SMILES string of the molecule is CS(=O)(=O)c1ccc(-c2nc(C(=O)O)c3ccncn23)cc1. The van der Waals surface area contributed by atoms with E-state index in [2.05, 4.69) is 9.97 Å². The maximum atomic E-state index is 11.5. The van der Waals surface area contributed by atoms with Gasteiger partial charge in [0.15, 0.2) is 15.5 Å². The molecule has 8 heteroatoms. The van der Waals surface area contributed by atoms with Crippen molar-refractivity contribution in [2.45, 2.75) is 4.90 Å². The van der Waals surface area contributed by atoms with E-state index in [4.69, 9.17) is 0 Å². The molecule has 0 unspecified atom stereocenters. The number of carboxylic acid groups (broad SMARTS) is 1. The topological polar surface area (TPSA) is 102 Å². The molecule has 0 saturated carbocycles. The normalized spacial score (nSPS) is 11.7. The quantitative estimate of drug-likeness (QED) is 0.785. The van der Waals surface area contributed by atoms with Gasteiger partial charge in [-0.3, -0.25) is 4.40 Å². The van der Waals surface area contributed by atoms with Gasteiger partial charge < -0.3 is 5.11 Å². The number of hydrogen-bond acceptors (Lipinski definition) is 5. The molecule has 3 aromatic rings. The van der Waals surface area contributed by atoms with E-state index in [1.165, 1.54) is 24.7 Å². The van der Waals surface area contributed by atoms with Crippen molar-refractivity contribution in [3.05, 3.63) is 48.5 Å². The Kier molecular flexibility index (Phi) is 3.18. The summed E-state index contributed by atoms with van der Waals surface area (Å²) in [6.45, 7) is 0. The first-order chi connectivity index (χ1) is 10.4. The molecular weight excluding hydrogens is 306 g/mol. The van der Waals surface area contributed by atoms with Crippen LogP contribution in [0, 0.1) is 0 Å². The van der Waals surface area contributed by atoms with Gasteiger partial charge >= 0.3 is 5.97 Å². The molecule has 112 valence electrons. The average Bonchev–Trinajstić information content (AvgIpc) is 2.86. The minimum absolute atomic E-state index is 0.0791. The highest BCUT2D eigenvalue weighted by Crippen LogP contribution is 2.23. The lowest BCUT2D eigenvalue weighted by Crippen LogP contribution is -1.97. The molecule has 3 rings (SSSR count). The van der Waals surface area contributed by atoms with Gasteiger partial charge in [-0.1, -0.05) is 0 Å². The second kappa shape index (κ2) is 4.92. The number of carbonyl (C=O) groups is 1. The summed E-state index contributed by atoms with van der Waals surface area (Å²) in [7, 11) is -3.29. The molecule has 0 aliphatic carbocycles. The van der Waals surface area contributed by atoms with E-state index >= 15 is 0 Å². The molecule has 0 bridgehead atoms. The molecule has 1 N–H and O–H groups in total. The molecule has 0 fully saturated rings. The Morgan fingerprint density at radius 1 is 1.18 bits per heavy atom. The number of nitrogens with zero attached hydrogens (tertiary/aromatic N) is 3. The van der Waals surface area contributed by atoms with E-state index in [0.29, 0.717) is 16.9 Å². The summed E-state index contributed by atoms with van der Waals surface area (Å²) in [6.07, 6.45) is 4.08. The van der Waals surface area contributed by atoms with E-state index < -0.39 is 15.8 Å². The number of fused-ring (bicyclic) bond motifs is 1. The van der Waals surface area contributed by atoms with Gasteiger partial charge in [0.1, 0.15) is 12.2 Å². The number of aromatic carboxylic acids is 1. The first-order valence-electron chi connectivity index (χ1n) is 6.24. The maximum absolute atomic E-state index is 11.5. The van der Waals surface area contributed by atoms with Crippen LogP contribution in [0.5, 0.6) is 0 Å². The molecule has 2 heterocycles. The van der Waals surface area contributed by atoms with Crippen LogP contribution in [0.25, 0.3) is 16.9 Å². The Labute approximate surface area is 125 Å². The van der Waals surface area contributed by atoms with Crippen molar-refractivity contribution in [2.75, 3.05) is 6.26 Å². The van der Waals surface area contributed by atoms with Crippen LogP contribution in [-0.4, -0.2) is 40.1 Å². The summed E-state index contributed by atoms with van der Waals surface area (Å²) < 4.78 is 24.5. The maximum Gasteiger partial charge on any atom is 0.356 e. The Morgan fingerprint density at radius 3 is 2.45 bits per heavy atom. The zero-order chi connectivity index (χ0) is 15.9. The zero-order valence-electron chi connectivity index (χ0n) is 11.5. The molecule has 1 aromatic carbocycles. The van der Waals surface area contributed by atoms with Gasteiger partial charge in [-0.15, -0.1) is 0 Å². The van der Waals surface area contributed by atoms with Crippen LogP contribution in [0.2, 0.25) is 0 Å². The zero-order valence-corrected chi connectivity index (χ0v) is 12.3. The summed E-state index contributed by atoms with van der Waals surface area (Å²) in [5.41, 5.74) is 0.942. The minimum atomic E-state index is -3.29. The third kappa shape index (κ3) is 2.33. The second-order valence-electron chi connectivity index (χ2n) is 4.72. The van der Waals surface area contributed by atoms with E-state index in [0.717, 1.165) is 6.26 Å². The van der Waals surface area contributed by atoms with Crippen molar-refractivity contribution in [2.24, 2.45) is 0 Å². The van der Waals surface area contributed by atoms with Gasteiger partial charge in [0.2, 0.25) is 0 Å². The summed E-state index contributed by atoms with van der Waals surface area (Å²) >= 11 is 0. The summed E-state index contributed by atoms with van der Waals surface area (Å²) in [5, 5.41) is 9.22. The van der Waals surface area contributed by atoms with Crippen molar-refractivity contribution in [3.8, 4) is 11.4 Å². The largest absolute Gasteiger partial charge is 0.476 e. The number of carboxylic acids is 1. The molecule has 0 atom stereocenters. The van der Waals surface area contributed by atoms with Crippen LogP contribution in [0.4, 0.5) is 0 Å². The fraction of sp³-hybridized carbons (Fsp3) is 0.0714. The van der Waals surface area contributed by atoms with Gasteiger partial charge in [0.05, 0.1) is 10.4 Å². The highest BCUT2D eigenvalue weighted by Gasteiger charge is 2.18. The molecule has 0 aliphatic heterocycles. The third-order valence-electron chi connectivity index (χ3n) is 3.19. The van der Waals surface area contributed by atoms with Crippen molar-refractivity contribution in [1.82, 2.24) is 14.4 Å². The molecule has 0 amide bonds. The minimum Gasteiger partial charge on any atom is -0.476 e. The number of benzene rings is 1. The van der Waals surface area contributed by atoms with Crippen molar-refractivity contribution in [3.63, 3.8) is 0 Å². The number of rotatable bonds is 3. The average molecular weight is 317 g/mol. The van der Waals surface area contributed by atoms with Gasteiger partial charge in [0, 0.05) is 18.0 Å². The highest BCUT2D eigenvalue weighted by atomic mass is 32.2.